The average molecular weight is 563 g/mol. The van der Waals surface area contributed by atoms with E-state index in [-0.39, 0.29) is 40.9 Å². The minimum Gasteiger partial charge on any atom is -0.508 e. The van der Waals surface area contributed by atoms with Gasteiger partial charge in [-0.2, -0.15) is 9.97 Å². The first-order valence-electron chi connectivity index (χ1n) is 14.3. The fourth-order valence-corrected chi connectivity index (χ4v) is 6.97. The van der Waals surface area contributed by atoms with Crippen molar-refractivity contribution in [2.45, 2.75) is 57.7 Å². The summed E-state index contributed by atoms with van der Waals surface area (Å²) < 4.78 is 41.4. The van der Waals surface area contributed by atoms with Crippen molar-refractivity contribution in [3.63, 3.8) is 0 Å². The van der Waals surface area contributed by atoms with Crippen LogP contribution in [0.25, 0.3) is 33.0 Å². The van der Waals surface area contributed by atoms with Crippen LogP contribution in [0.3, 0.4) is 0 Å². The number of halogens is 2. The Morgan fingerprint density at radius 1 is 1.17 bits per heavy atom. The Bertz CT molecular complexity index is 1750. The molecule has 4 aromatic rings. The van der Waals surface area contributed by atoms with E-state index in [1.54, 1.807) is 19.1 Å². The van der Waals surface area contributed by atoms with Gasteiger partial charge in [-0.3, -0.25) is 4.90 Å². The second-order valence-corrected chi connectivity index (χ2v) is 11.6. The van der Waals surface area contributed by atoms with Crippen molar-refractivity contribution in [2.75, 3.05) is 37.7 Å². The fraction of sp³-hybridized carbons (Fsp3) is 0.452. The molecule has 2 atom stereocenters. The Morgan fingerprint density at radius 3 is 2.76 bits per heavy atom. The van der Waals surface area contributed by atoms with E-state index in [0.29, 0.717) is 58.2 Å². The standard InChI is InChI=1S/C31H32F2N4O4/c1-3-21-23(33)7-6-18-12-20(38)13-22(24(18)21)27-17(2)26-25(29(39)41-27)28(36-9-5-10-36)35-30(34-26)40-16-31-8-4-11-37(31)15-19(32)14-31/h6-7,12-13,19,38H,3-5,8-11,14-16H2,1-2H3/t19-,31+/m1/s1. The molecule has 0 aliphatic carbocycles. The van der Waals surface area contributed by atoms with Crippen LogP contribution in [0.1, 0.15) is 43.7 Å². The van der Waals surface area contributed by atoms with Crippen molar-refractivity contribution in [2.24, 2.45) is 0 Å². The number of phenols is 1. The minimum atomic E-state index is -0.877. The number of alkyl halides is 1. The summed E-state index contributed by atoms with van der Waals surface area (Å²) in [6, 6.07) is 6.18. The summed E-state index contributed by atoms with van der Waals surface area (Å²) in [5.41, 5.74) is 0.833. The van der Waals surface area contributed by atoms with Gasteiger partial charge in [0, 0.05) is 37.2 Å². The molecule has 1 N–H and O–H groups in total. The van der Waals surface area contributed by atoms with E-state index in [1.807, 2.05) is 11.8 Å². The number of anilines is 1. The molecule has 0 radical (unpaired) electrons. The number of fused-ring (bicyclic) bond motifs is 3. The molecule has 0 amide bonds. The van der Waals surface area contributed by atoms with Gasteiger partial charge >= 0.3 is 11.6 Å². The van der Waals surface area contributed by atoms with Crippen molar-refractivity contribution in [3.8, 4) is 23.1 Å². The number of aromatic hydroxyl groups is 1. The van der Waals surface area contributed by atoms with Crippen molar-refractivity contribution in [3.05, 3.63) is 51.6 Å². The van der Waals surface area contributed by atoms with Gasteiger partial charge in [0.15, 0.2) is 5.82 Å². The van der Waals surface area contributed by atoms with E-state index in [1.165, 1.54) is 12.1 Å². The lowest BCUT2D eigenvalue weighted by molar-refractivity contribution is 0.107. The minimum absolute atomic E-state index is 0.0283. The SMILES string of the molecule is CCc1c(F)ccc2cc(O)cc(-c3oc(=O)c4c(N5CCC5)nc(OC[C@@]56CCCN5C[C@H](F)C6)nc4c3C)c12. The van der Waals surface area contributed by atoms with Crippen LogP contribution in [-0.4, -0.2) is 64.5 Å². The zero-order valence-electron chi connectivity index (χ0n) is 23.2. The Hall–Kier alpha value is -3.79. The van der Waals surface area contributed by atoms with Crippen molar-refractivity contribution in [1.82, 2.24) is 14.9 Å². The second-order valence-electron chi connectivity index (χ2n) is 11.6. The zero-order chi connectivity index (χ0) is 28.5. The Morgan fingerprint density at radius 2 is 2.00 bits per heavy atom. The van der Waals surface area contributed by atoms with Crippen LogP contribution in [-0.2, 0) is 6.42 Å². The normalized spacial score (nSPS) is 22.4. The van der Waals surface area contributed by atoms with Crippen LogP contribution >= 0.6 is 0 Å². The monoisotopic (exact) mass is 562 g/mol. The molecular weight excluding hydrogens is 530 g/mol. The molecule has 8 nitrogen and oxygen atoms in total. The Labute approximate surface area is 235 Å². The molecule has 5 heterocycles. The number of aryl methyl sites for hydroxylation is 2. The van der Waals surface area contributed by atoms with Crippen LogP contribution in [0.5, 0.6) is 11.8 Å². The summed E-state index contributed by atoms with van der Waals surface area (Å²) in [7, 11) is 0. The average Bonchev–Trinajstić information content (AvgIpc) is 3.43. The quantitative estimate of drug-likeness (QED) is 0.339. The van der Waals surface area contributed by atoms with Crippen molar-refractivity contribution < 1.29 is 23.0 Å². The van der Waals surface area contributed by atoms with Crippen molar-refractivity contribution in [1.29, 1.82) is 0 Å². The van der Waals surface area contributed by atoms with Gasteiger partial charge in [0.2, 0.25) is 0 Å². The predicted octanol–water partition coefficient (Wildman–Crippen LogP) is 5.28. The van der Waals surface area contributed by atoms with E-state index in [2.05, 4.69) is 9.88 Å². The molecule has 41 heavy (non-hydrogen) atoms. The summed E-state index contributed by atoms with van der Waals surface area (Å²) in [5.74, 6) is 0.267. The number of ether oxygens (including phenoxy) is 1. The third kappa shape index (κ3) is 4.14. The highest BCUT2D eigenvalue weighted by molar-refractivity contribution is 6.02. The topological polar surface area (TPSA) is 91.9 Å². The molecule has 3 aliphatic heterocycles. The molecule has 2 aromatic carbocycles. The number of phenolic OH excluding ortho intramolecular Hbond substituents is 1. The number of aromatic nitrogens is 2. The summed E-state index contributed by atoms with van der Waals surface area (Å²) >= 11 is 0. The van der Waals surface area contributed by atoms with Gasteiger partial charge in [-0.15, -0.1) is 0 Å². The molecule has 214 valence electrons. The molecule has 0 bridgehead atoms. The maximum atomic E-state index is 14.9. The Balaban J connectivity index is 1.40. The van der Waals surface area contributed by atoms with Gasteiger partial charge in [-0.05, 0) is 73.7 Å². The van der Waals surface area contributed by atoms with E-state index < -0.39 is 11.8 Å². The molecule has 0 saturated carbocycles. The fourth-order valence-electron chi connectivity index (χ4n) is 6.97. The third-order valence-electron chi connectivity index (χ3n) is 9.10. The number of benzene rings is 2. The van der Waals surface area contributed by atoms with Gasteiger partial charge in [-0.1, -0.05) is 13.0 Å². The molecule has 0 spiro atoms. The molecule has 3 aliphatic rings. The van der Waals surface area contributed by atoms with Gasteiger partial charge < -0.3 is 19.2 Å². The first kappa shape index (κ1) is 26.1. The number of hydrogen-bond acceptors (Lipinski definition) is 8. The van der Waals surface area contributed by atoms with Crippen LogP contribution in [0.15, 0.2) is 33.5 Å². The van der Waals surface area contributed by atoms with E-state index in [0.717, 1.165) is 38.9 Å². The van der Waals surface area contributed by atoms with Crippen LogP contribution < -0.4 is 15.3 Å². The largest absolute Gasteiger partial charge is 0.508 e. The molecule has 3 saturated heterocycles. The lowest BCUT2D eigenvalue weighted by atomic mass is 9.93. The van der Waals surface area contributed by atoms with Crippen LogP contribution in [0, 0.1) is 12.7 Å². The Kier molecular flexibility index (Phi) is 6.15. The van der Waals surface area contributed by atoms with Crippen LogP contribution in [0.2, 0.25) is 0 Å². The molecule has 3 fully saturated rings. The highest BCUT2D eigenvalue weighted by Crippen LogP contribution is 2.42. The molecule has 7 rings (SSSR count). The summed E-state index contributed by atoms with van der Waals surface area (Å²) in [6.45, 7) is 6.66. The highest BCUT2D eigenvalue weighted by Gasteiger charge is 2.49. The second kappa shape index (κ2) is 9.65. The first-order valence-corrected chi connectivity index (χ1v) is 14.3. The van der Waals surface area contributed by atoms with E-state index in [4.69, 9.17) is 14.1 Å². The molecule has 0 unspecified atom stereocenters. The summed E-state index contributed by atoms with van der Waals surface area (Å²) in [5, 5.41) is 12.0. The van der Waals surface area contributed by atoms with Gasteiger partial charge in [0.1, 0.15) is 35.5 Å². The highest BCUT2D eigenvalue weighted by atomic mass is 19.1. The van der Waals surface area contributed by atoms with Crippen LogP contribution in [0.4, 0.5) is 14.6 Å². The van der Waals surface area contributed by atoms with Gasteiger partial charge in [-0.25, -0.2) is 13.6 Å². The predicted molar refractivity (Wildman–Crippen MR) is 152 cm³/mol. The molecular formula is C31H32F2N4O4. The number of hydrogen-bond donors (Lipinski definition) is 1. The van der Waals surface area contributed by atoms with E-state index in [9.17, 15) is 18.7 Å². The maximum Gasteiger partial charge on any atom is 0.349 e. The van der Waals surface area contributed by atoms with Crippen molar-refractivity contribution >= 4 is 27.5 Å². The lowest BCUT2D eigenvalue weighted by Gasteiger charge is -2.33. The smallest absolute Gasteiger partial charge is 0.349 e. The zero-order valence-corrected chi connectivity index (χ0v) is 23.2. The third-order valence-corrected chi connectivity index (χ3v) is 9.10. The first-order chi connectivity index (χ1) is 19.8. The van der Waals surface area contributed by atoms with Gasteiger partial charge in [0.05, 0.1) is 11.1 Å². The van der Waals surface area contributed by atoms with E-state index >= 15 is 0 Å². The number of rotatable bonds is 6. The maximum absolute atomic E-state index is 14.9. The number of nitrogens with zero attached hydrogens (tertiary/aromatic N) is 4. The van der Waals surface area contributed by atoms with Gasteiger partial charge in [0.25, 0.3) is 0 Å². The summed E-state index contributed by atoms with van der Waals surface area (Å²) in [4.78, 5) is 27.1. The molecule has 10 heteroatoms. The summed E-state index contributed by atoms with van der Waals surface area (Å²) in [6.07, 6.45) is 2.78. The molecule has 2 aromatic heterocycles. The lowest BCUT2D eigenvalue weighted by Crippen LogP contribution is -2.43.